The van der Waals surface area contributed by atoms with E-state index < -0.39 is 67.8 Å². The number of benzene rings is 1. The van der Waals surface area contributed by atoms with Gasteiger partial charge in [0, 0.05) is 12.3 Å². The van der Waals surface area contributed by atoms with Gasteiger partial charge in [-0.3, -0.25) is 23.7 Å². The number of carbonyl (C=O) groups is 1. The molecule has 0 spiro atoms. The normalized spacial score (nSPS) is 26.4. The topological polar surface area (TPSA) is 158 Å². The standard InChI is InChI=1S/C22H29FN3O9P/c1-13(2)33-19(29)14(3)25-36(31,35-15-8-6-5-7-9-15)32-12-16-18(28)22(4,23)20(34-16)26-11-10-17(27)24-21(26)30/h5-11,13-14,16,18,20,28H,12H2,1-4H3,(H,25,31)(H,24,27,30)/t14-,16+,18+,20+,22?,36?/m0/s1. The fourth-order valence-corrected chi connectivity index (χ4v) is 4.97. The van der Waals surface area contributed by atoms with Gasteiger partial charge in [-0.1, -0.05) is 18.2 Å². The average Bonchev–Trinajstić information content (AvgIpc) is 3.01. The Balaban J connectivity index is 1.80. The quantitative estimate of drug-likeness (QED) is 0.305. The molecular formula is C22H29FN3O9P. The largest absolute Gasteiger partial charge is 0.462 e. The van der Waals surface area contributed by atoms with E-state index in [-0.39, 0.29) is 5.75 Å². The summed E-state index contributed by atoms with van der Waals surface area (Å²) in [6, 6.07) is 7.86. The molecular weight excluding hydrogens is 500 g/mol. The highest BCUT2D eigenvalue weighted by Crippen LogP contribution is 2.47. The maximum absolute atomic E-state index is 15.4. The lowest BCUT2D eigenvalue weighted by Crippen LogP contribution is -2.43. The Hall–Kier alpha value is -2.83. The van der Waals surface area contributed by atoms with E-state index in [2.05, 4.69) is 5.09 Å². The minimum atomic E-state index is -4.30. The molecule has 2 heterocycles. The van der Waals surface area contributed by atoms with Gasteiger partial charge in [-0.15, -0.1) is 0 Å². The molecule has 0 saturated carbocycles. The number of halogens is 1. The maximum Gasteiger partial charge on any atom is 0.459 e. The van der Waals surface area contributed by atoms with Crippen molar-refractivity contribution in [2.45, 2.75) is 63.9 Å². The molecule has 0 aliphatic carbocycles. The molecule has 6 atom stereocenters. The van der Waals surface area contributed by atoms with Gasteiger partial charge in [-0.25, -0.2) is 13.8 Å². The third-order valence-electron chi connectivity index (χ3n) is 5.26. The van der Waals surface area contributed by atoms with Crippen molar-refractivity contribution in [1.29, 1.82) is 0 Å². The maximum atomic E-state index is 15.4. The van der Waals surface area contributed by atoms with E-state index in [0.29, 0.717) is 0 Å². The number of aliphatic hydroxyl groups is 1. The van der Waals surface area contributed by atoms with Crippen LogP contribution in [0.4, 0.5) is 4.39 Å². The van der Waals surface area contributed by atoms with Crippen LogP contribution in [0.3, 0.4) is 0 Å². The van der Waals surface area contributed by atoms with Crippen molar-refractivity contribution in [3.8, 4) is 5.75 Å². The molecule has 0 radical (unpaired) electrons. The summed E-state index contributed by atoms with van der Waals surface area (Å²) in [4.78, 5) is 37.7. The number of alkyl halides is 1. The van der Waals surface area contributed by atoms with Crippen LogP contribution < -0.4 is 20.9 Å². The summed E-state index contributed by atoms with van der Waals surface area (Å²) >= 11 is 0. The zero-order valence-corrected chi connectivity index (χ0v) is 21.0. The van der Waals surface area contributed by atoms with E-state index in [1.54, 1.807) is 32.0 Å². The fraction of sp³-hybridized carbons (Fsp3) is 0.500. The molecule has 198 valence electrons. The van der Waals surface area contributed by atoms with Crippen molar-refractivity contribution in [1.82, 2.24) is 14.6 Å². The predicted molar refractivity (Wildman–Crippen MR) is 125 cm³/mol. The zero-order chi connectivity index (χ0) is 26.7. The van der Waals surface area contributed by atoms with Crippen LogP contribution in [0, 0.1) is 0 Å². The molecule has 0 bridgehead atoms. The van der Waals surface area contributed by atoms with Gasteiger partial charge in [-0.2, -0.15) is 5.09 Å². The van der Waals surface area contributed by atoms with E-state index >= 15 is 4.39 Å². The number of aromatic amines is 1. The van der Waals surface area contributed by atoms with Crippen LogP contribution in [0.5, 0.6) is 5.75 Å². The highest BCUT2D eigenvalue weighted by Gasteiger charge is 2.55. The fourth-order valence-electron chi connectivity index (χ4n) is 3.47. The smallest absolute Gasteiger partial charge is 0.459 e. The van der Waals surface area contributed by atoms with Crippen LogP contribution in [0.1, 0.15) is 33.9 Å². The molecule has 1 aromatic heterocycles. The van der Waals surface area contributed by atoms with Crippen molar-refractivity contribution >= 4 is 13.7 Å². The summed E-state index contributed by atoms with van der Waals surface area (Å²) in [6.45, 7) is 5.07. The Kier molecular flexibility index (Phi) is 8.52. The third-order valence-corrected chi connectivity index (χ3v) is 6.90. The SMILES string of the molecule is CC(C)OC(=O)[C@H](C)NP(=O)(OC[C@H]1O[C@@H](n2ccc(=O)[nH]c2=O)C(C)(F)[C@@H]1O)Oc1ccccc1. The van der Waals surface area contributed by atoms with Crippen LogP contribution in [-0.2, 0) is 23.4 Å². The van der Waals surface area contributed by atoms with Gasteiger partial charge in [0.05, 0.1) is 12.7 Å². The first-order chi connectivity index (χ1) is 16.8. The second-order valence-electron chi connectivity index (χ2n) is 8.67. The third kappa shape index (κ3) is 6.48. The van der Waals surface area contributed by atoms with Gasteiger partial charge in [-0.05, 0) is 39.8 Å². The minimum absolute atomic E-state index is 0.152. The lowest BCUT2D eigenvalue weighted by atomic mass is 9.98. The van der Waals surface area contributed by atoms with Crippen LogP contribution in [0.2, 0.25) is 0 Å². The van der Waals surface area contributed by atoms with Gasteiger partial charge in [0.1, 0.15) is 24.0 Å². The second-order valence-corrected chi connectivity index (χ2v) is 10.4. The van der Waals surface area contributed by atoms with Crippen molar-refractivity contribution in [3.63, 3.8) is 0 Å². The van der Waals surface area contributed by atoms with Crippen LogP contribution in [0.15, 0.2) is 52.2 Å². The number of para-hydroxylation sites is 1. The van der Waals surface area contributed by atoms with Crippen LogP contribution in [0.25, 0.3) is 0 Å². The Morgan fingerprint density at radius 3 is 2.56 bits per heavy atom. The minimum Gasteiger partial charge on any atom is -0.462 e. The molecule has 3 rings (SSSR count). The summed E-state index contributed by atoms with van der Waals surface area (Å²) in [5.74, 6) is -0.560. The van der Waals surface area contributed by atoms with E-state index in [4.69, 9.17) is 18.5 Å². The molecule has 1 saturated heterocycles. The number of aromatic nitrogens is 2. The number of nitrogens with zero attached hydrogens (tertiary/aromatic N) is 1. The van der Waals surface area contributed by atoms with Gasteiger partial charge in [0.25, 0.3) is 5.56 Å². The van der Waals surface area contributed by atoms with E-state index in [9.17, 15) is 24.1 Å². The molecule has 2 unspecified atom stereocenters. The first-order valence-corrected chi connectivity index (χ1v) is 12.7. The molecule has 2 aromatic rings. The van der Waals surface area contributed by atoms with Gasteiger partial charge in [0.15, 0.2) is 11.9 Å². The number of hydrogen-bond donors (Lipinski definition) is 3. The van der Waals surface area contributed by atoms with Crippen LogP contribution >= 0.6 is 7.75 Å². The molecule has 14 heteroatoms. The molecule has 1 aromatic carbocycles. The zero-order valence-electron chi connectivity index (χ0n) is 20.1. The number of nitrogens with one attached hydrogen (secondary N) is 2. The summed E-state index contributed by atoms with van der Waals surface area (Å²) in [5, 5.41) is 13.0. The molecule has 12 nitrogen and oxygen atoms in total. The molecule has 1 fully saturated rings. The van der Waals surface area contributed by atoms with Crippen molar-refractivity contribution in [2.75, 3.05) is 6.61 Å². The highest BCUT2D eigenvalue weighted by molar-refractivity contribution is 7.52. The van der Waals surface area contributed by atoms with Crippen molar-refractivity contribution in [3.05, 3.63) is 63.4 Å². The summed E-state index contributed by atoms with van der Waals surface area (Å²) in [6.07, 6.45) is -4.21. The highest BCUT2D eigenvalue weighted by atomic mass is 31.2. The monoisotopic (exact) mass is 529 g/mol. The average molecular weight is 529 g/mol. The molecule has 1 aliphatic heterocycles. The lowest BCUT2D eigenvalue weighted by Gasteiger charge is -2.25. The van der Waals surface area contributed by atoms with E-state index in [1.807, 2.05) is 4.98 Å². The number of carbonyl (C=O) groups excluding carboxylic acids is 1. The Labute approximate surface area is 205 Å². The number of H-pyrrole nitrogens is 1. The summed E-state index contributed by atoms with van der Waals surface area (Å²) in [7, 11) is -4.30. The van der Waals surface area contributed by atoms with Gasteiger partial charge >= 0.3 is 19.4 Å². The molecule has 1 aliphatic rings. The van der Waals surface area contributed by atoms with Crippen molar-refractivity contribution < 1.29 is 37.4 Å². The Bertz CT molecular complexity index is 1220. The summed E-state index contributed by atoms with van der Waals surface area (Å²) in [5.41, 5.74) is -4.12. The molecule has 3 N–H and O–H groups in total. The Morgan fingerprint density at radius 2 is 1.94 bits per heavy atom. The van der Waals surface area contributed by atoms with E-state index in [0.717, 1.165) is 23.8 Å². The van der Waals surface area contributed by atoms with Crippen LogP contribution in [-0.4, -0.2) is 57.3 Å². The van der Waals surface area contributed by atoms with Crippen molar-refractivity contribution in [2.24, 2.45) is 0 Å². The van der Waals surface area contributed by atoms with Gasteiger partial charge in [0.2, 0.25) is 0 Å². The number of esters is 1. The first kappa shape index (κ1) is 27.8. The number of ether oxygens (including phenoxy) is 2. The lowest BCUT2D eigenvalue weighted by molar-refractivity contribution is -0.149. The predicted octanol–water partition coefficient (Wildman–Crippen LogP) is 1.66. The van der Waals surface area contributed by atoms with Gasteiger partial charge < -0.3 is 19.1 Å². The summed E-state index contributed by atoms with van der Waals surface area (Å²) < 4.78 is 51.4. The number of aliphatic hydroxyl groups excluding tert-OH is 1. The first-order valence-electron chi connectivity index (χ1n) is 11.1. The molecule has 36 heavy (non-hydrogen) atoms. The number of hydrogen-bond acceptors (Lipinski definition) is 9. The number of rotatable bonds is 10. The van der Waals surface area contributed by atoms with E-state index in [1.165, 1.54) is 19.1 Å². The Morgan fingerprint density at radius 1 is 1.28 bits per heavy atom. The molecule has 0 amide bonds. The second kappa shape index (κ2) is 11.1.